The lowest BCUT2D eigenvalue weighted by Gasteiger charge is -2.58. The molecule has 4 fully saturated rings. The van der Waals surface area contributed by atoms with Gasteiger partial charge in [-0.3, -0.25) is 4.99 Å². The van der Waals surface area contributed by atoms with E-state index in [9.17, 15) is 0 Å². The molecule has 0 aromatic rings. The molecule has 0 aromatic carbocycles. The molecule has 1 saturated heterocycles. The van der Waals surface area contributed by atoms with Gasteiger partial charge in [0.25, 0.3) is 0 Å². The van der Waals surface area contributed by atoms with Crippen molar-refractivity contribution in [1.29, 1.82) is 0 Å². The molecule has 3 saturated carbocycles. The molecule has 4 rings (SSSR count). The number of ether oxygens (including phenoxy) is 1. The van der Waals surface area contributed by atoms with E-state index in [1.165, 1.54) is 70.9 Å². The van der Waals surface area contributed by atoms with Crippen molar-refractivity contribution in [2.75, 3.05) is 26.2 Å². The van der Waals surface area contributed by atoms with Gasteiger partial charge in [0.15, 0.2) is 5.96 Å². The summed E-state index contributed by atoms with van der Waals surface area (Å²) in [7, 11) is 0. The van der Waals surface area contributed by atoms with E-state index in [-0.39, 0.29) is 24.0 Å². The molecule has 0 bridgehead atoms. The molecule has 0 amide bonds. The Hall–Kier alpha value is -0.0800. The van der Waals surface area contributed by atoms with Crippen molar-refractivity contribution < 1.29 is 4.74 Å². The molecule has 1 aliphatic heterocycles. The number of piperidine rings is 1. The van der Waals surface area contributed by atoms with E-state index < -0.39 is 0 Å². The van der Waals surface area contributed by atoms with Crippen molar-refractivity contribution in [3.05, 3.63) is 0 Å². The average Bonchev–Trinajstić information content (AvgIpc) is 3.54. The fraction of sp³-hybridized carbons (Fsp3) is 0.955. The van der Waals surface area contributed by atoms with Gasteiger partial charge in [-0.2, -0.15) is 0 Å². The first-order chi connectivity index (χ1) is 13.2. The van der Waals surface area contributed by atoms with Crippen LogP contribution in [0.15, 0.2) is 4.99 Å². The maximum Gasteiger partial charge on any atom is 0.191 e. The van der Waals surface area contributed by atoms with Crippen molar-refractivity contribution in [3.63, 3.8) is 0 Å². The predicted molar refractivity (Wildman–Crippen MR) is 127 cm³/mol. The Balaban J connectivity index is 0.00000225. The standard InChI is InChI=1S/C22H40N4O.HI/c1-3-23-21(24-17-10-14-26(15-11-17)18-8-9-18)25-19-16-20(27-4-2)22(19)12-6-5-7-13-22;/h17-20H,3-16H2,1-2H3,(H2,23,24,25);1H. The highest BCUT2D eigenvalue weighted by Gasteiger charge is 2.56. The van der Waals surface area contributed by atoms with Crippen LogP contribution in [0.3, 0.4) is 0 Å². The molecule has 5 nitrogen and oxygen atoms in total. The number of aliphatic imine (C=N–C) groups is 1. The molecule has 4 aliphatic rings. The maximum absolute atomic E-state index is 6.13. The van der Waals surface area contributed by atoms with Gasteiger partial charge in [0.05, 0.1) is 6.10 Å². The predicted octanol–water partition coefficient (Wildman–Crippen LogP) is 3.91. The summed E-state index contributed by atoms with van der Waals surface area (Å²) in [5.41, 5.74) is 0.347. The van der Waals surface area contributed by atoms with E-state index in [0.29, 0.717) is 23.6 Å². The van der Waals surface area contributed by atoms with Crippen molar-refractivity contribution in [3.8, 4) is 0 Å². The summed E-state index contributed by atoms with van der Waals surface area (Å²) in [5, 5.41) is 7.62. The molecule has 162 valence electrons. The van der Waals surface area contributed by atoms with Crippen molar-refractivity contribution >= 4 is 29.9 Å². The summed E-state index contributed by atoms with van der Waals surface area (Å²) < 4.78 is 6.13. The van der Waals surface area contributed by atoms with E-state index in [1.807, 2.05) is 0 Å². The summed E-state index contributed by atoms with van der Waals surface area (Å²) in [4.78, 5) is 7.49. The number of hydrogen-bond donors (Lipinski definition) is 2. The third-order valence-electron chi connectivity index (χ3n) is 7.50. The van der Waals surface area contributed by atoms with Crippen LogP contribution >= 0.6 is 24.0 Å². The molecular weight excluding hydrogens is 463 g/mol. The Morgan fingerprint density at radius 2 is 1.75 bits per heavy atom. The fourth-order valence-corrected chi connectivity index (χ4v) is 5.76. The molecule has 1 spiro atoms. The second-order valence-electron chi connectivity index (χ2n) is 9.18. The van der Waals surface area contributed by atoms with Gasteiger partial charge in [-0.05, 0) is 58.8 Å². The van der Waals surface area contributed by atoms with E-state index in [4.69, 9.17) is 9.73 Å². The van der Waals surface area contributed by atoms with Crippen molar-refractivity contribution in [1.82, 2.24) is 15.5 Å². The van der Waals surface area contributed by atoms with Crippen LogP contribution in [-0.2, 0) is 4.74 Å². The van der Waals surface area contributed by atoms with Crippen LogP contribution in [0.2, 0.25) is 0 Å². The number of nitrogens with one attached hydrogen (secondary N) is 2. The first-order valence-corrected chi connectivity index (χ1v) is 11.7. The molecule has 6 heteroatoms. The highest BCUT2D eigenvalue weighted by atomic mass is 127. The highest BCUT2D eigenvalue weighted by molar-refractivity contribution is 14.0. The normalized spacial score (nSPS) is 31.1. The number of halogens is 1. The Bertz CT molecular complexity index is 511. The van der Waals surface area contributed by atoms with Crippen molar-refractivity contribution in [2.24, 2.45) is 10.4 Å². The lowest BCUT2D eigenvalue weighted by Crippen LogP contribution is -2.67. The first-order valence-electron chi connectivity index (χ1n) is 11.7. The van der Waals surface area contributed by atoms with Crippen LogP contribution < -0.4 is 10.6 Å². The maximum atomic E-state index is 6.13. The molecule has 3 aliphatic carbocycles. The summed E-state index contributed by atoms with van der Waals surface area (Å²) in [6.45, 7) is 8.46. The van der Waals surface area contributed by atoms with Gasteiger partial charge in [0.2, 0.25) is 0 Å². The summed E-state index contributed by atoms with van der Waals surface area (Å²) in [6.07, 6.45) is 13.7. The molecule has 2 N–H and O–H groups in total. The molecule has 0 aromatic heterocycles. The lowest BCUT2D eigenvalue weighted by molar-refractivity contribution is -0.145. The third-order valence-corrected chi connectivity index (χ3v) is 7.50. The number of hydrogen-bond acceptors (Lipinski definition) is 3. The van der Waals surface area contributed by atoms with Crippen LogP contribution in [0, 0.1) is 5.41 Å². The minimum atomic E-state index is 0. The second-order valence-corrected chi connectivity index (χ2v) is 9.18. The minimum Gasteiger partial charge on any atom is -0.378 e. The molecule has 2 unspecified atom stereocenters. The smallest absolute Gasteiger partial charge is 0.191 e. The first kappa shape index (κ1) is 22.6. The summed E-state index contributed by atoms with van der Waals surface area (Å²) in [6, 6.07) is 2.01. The van der Waals surface area contributed by atoms with Gasteiger partial charge in [-0.25, -0.2) is 0 Å². The van der Waals surface area contributed by atoms with Gasteiger partial charge in [0.1, 0.15) is 0 Å². The van der Waals surface area contributed by atoms with Gasteiger partial charge in [-0.1, -0.05) is 19.3 Å². The Morgan fingerprint density at radius 3 is 2.36 bits per heavy atom. The third kappa shape index (κ3) is 4.97. The van der Waals surface area contributed by atoms with Crippen LogP contribution in [0.1, 0.15) is 78.1 Å². The topological polar surface area (TPSA) is 48.9 Å². The van der Waals surface area contributed by atoms with Crippen LogP contribution in [0.4, 0.5) is 0 Å². The van der Waals surface area contributed by atoms with E-state index in [0.717, 1.165) is 31.6 Å². The van der Waals surface area contributed by atoms with Gasteiger partial charge in [0, 0.05) is 49.8 Å². The van der Waals surface area contributed by atoms with E-state index >= 15 is 0 Å². The summed E-state index contributed by atoms with van der Waals surface area (Å²) >= 11 is 0. The monoisotopic (exact) mass is 504 g/mol. The zero-order valence-electron chi connectivity index (χ0n) is 17.9. The largest absolute Gasteiger partial charge is 0.378 e. The van der Waals surface area contributed by atoms with E-state index in [2.05, 4.69) is 29.4 Å². The molecule has 2 atom stereocenters. The average molecular weight is 505 g/mol. The van der Waals surface area contributed by atoms with E-state index in [1.54, 1.807) is 0 Å². The van der Waals surface area contributed by atoms with Crippen LogP contribution in [0.5, 0.6) is 0 Å². The van der Waals surface area contributed by atoms with Gasteiger partial charge < -0.3 is 20.3 Å². The zero-order chi connectivity index (χ0) is 18.7. The van der Waals surface area contributed by atoms with Crippen molar-refractivity contribution in [2.45, 2.75) is 102 Å². The molecular formula is C22H41IN4O. The van der Waals surface area contributed by atoms with Crippen LogP contribution in [-0.4, -0.2) is 61.3 Å². The highest BCUT2D eigenvalue weighted by Crippen LogP contribution is 2.53. The van der Waals surface area contributed by atoms with Gasteiger partial charge in [-0.15, -0.1) is 24.0 Å². The van der Waals surface area contributed by atoms with Crippen LogP contribution in [0.25, 0.3) is 0 Å². The number of guanidine groups is 1. The molecule has 1 heterocycles. The Labute approximate surface area is 188 Å². The zero-order valence-corrected chi connectivity index (χ0v) is 20.3. The summed E-state index contributed by atoms with van der Waals surface area (Å²) in [5.74, 6) is 1.05. The second kappa shape index (κ2) is 10.3. The number of nitrogens with zero attached hydrogens (tertiary/aromatic N) is 2. The Kier molecular flexibility index (Phi) is 8.31. The fourth-order valence-electron chi connectivity index (χ4n) is 5.76. The molecule has 28 heavy (non-hydrogen) atoms. The SMILES string of the molecule is CCN=C(NC1CCN(C2CC2)CC1)NC1CC(OCC)C12CCCCC2.I. The lowest BCUT2D eigenvalue weighted by atomic mass is 9.55. The number of likely N-dealkylation sites (tertiary alicyclic amines) is 1. The number of rotatable bonds is 6. The minimum absolute atomic E-state index is 0. The Morgan fingerprint density at radius 1 is 1.04 bits per heavy atom. The quantitative estimate of drug-likeness (QED) is 0.327. The van der Waals surface area contributed by atoms with Gasteiger partial charge >= 0.3 is 0 Å². The molecule has 0 radical (unpaired) electrons.